The number of aromatic carboxylic acids is 1. The molecule has 0 atom stereocenters. The Kier molecular flexibility index (Phi) is 2.81. The van der Waals surface area contributed by atoms with E-state index in [0.29, 0.717) is 4.47 Å². The van der Waals surface area contributed by atoms with E-state index in [9.17, 15) is 4.79 Å². The highest BCUT2D eigenvalue weighted by Crippen LogP contribution is 2.16. The summed E-state index contributed by atoms with van der Waals surface area (Å²) in [6.45, 7) is 1.93. The van der Waals surface area contributed by atoms with E-state index in [2.05, 4.69) is 20.9 Å². The van der Waals surface area contributed by atoms with Crippen LogP contribution in [0.1, 0.15) is 23.0 Å². The first-order valence-corrected chi connectivity index (χ1v) is 4.32. The molecule has 1 aromatic rings. The standard InChI is InChI=1S/C8H8BrNO2/c1-2-5-3-6(8(11)12)7(9)4-10-5/h3-4H,2H2,1H3,(H,11,12). The SMILES string of the molecule is CCc1cc(C(=O)O)c(Br)cn1. The molecule has 0 spiro atoms. The zero-order valence-electron chi connectivity index (χ0n) is 6.54. The first-order chi connectivity index (χ1) is 5.65. The highest BCUT2D eigenvalue weighted by molar-refractivity contribution is 9.10. The summed E-state index contributed by atoms with van der Waals surface area (Å²) in [5.74, 6) is -0.932. The minimum absolute atomic E-state index is 0.266. The molecule has 0 aliphatic carbocycles. The monoisotopic (exact) mass is 229 g/mol. The van der Waals surface area contributed by atoms with Gasteiger partial charge in [0.2, 0.25) is 0 Å². The van der Waals surface area contributed by atoms with Crippen molar-refractivity contribution >= 4 is 21.9 Å². The summed E-state index contributed by atoms with van der Waals surface area (Å²) < 4.78 is 0.521. The van der Waals surface area contributed by atoms with Crippen LogP contribution in [0.2, 0.25) is 0 Å². The molecule has 0 aliphatic rings. The van der Waals surface area contributed by atoms with Crippen molar-refractivity contribution in [1.82, 2.24) is 4.98 Å². The van der Waals surface area contributed by atoms with Crippen LogP contribution in [0.4, 0.5) is 0 Å². The van der Waals surface area contributed by atoms with Gasteiger partial charge >= 0.3 is 5.97 Å². The second-order valence-electron chi connectivity index (χ2n) is 2.31. The quantitative estimate of drug-likeness (QED) is 0.846. The number of halogens is 1. The Morgan fingerprint density at radius 2 is 2.42 bits per heavy atom. The molecule has 0 saturated carbocycles. The van der Waals surface area contributed by atoms with Crippen molar-refractivity contribution in [3.63, 3.8) is 0 Å². The van der Waals surface area contributed by atoms with E-state index in [0.717, 1.165) is 12.1 Å². The average molecular weight is 230 g/mol. The summed E-state index contributed by atoms with van der Waals surface area (Å²) in [7, 11) is 0. The van der Waals surface area contributed by atoms with Crippen LogP contribution in [0.15, 0.2) is 16.7 Å². The van der Waals surface area contributed by atoms with Crippen LogP contribution in [-0.2, 0) is 6.42 Å². The van der Waals surface area contributed by atoms with Gasteiger partial charge in [0.1, 0.15) is 0 Å². The van der Waals surface area contributed by atoms with E-state index in [-0.39, 0.29) is 5.56 Å². The van der Waals surface area contributed by atoms with Crippen molar-refractivity contribution in [3.05, 3.63) is 28.0 Å². The van der Waals surface area contributed by atoms with E-state index in [1.165, 1.54) is 6.20 Å². The summed E-state index contributed by atoms with van der Waals surface area (Å²) >= 11 is 3.12. The average Bonchev–Trinajstić information content (AvgIpc) is 2.05. The maximum atomic E-state index is 10.6. The van der Waals surface area contributed by atoms with Crippen molar-refractivity contribution in [1.29, 1.82) is 0 Å². The molecule has 3 nitrogen and oxygen atoms in total. The van der Waals surface area contributed by atoms with Gasteiger partial charge in [-0.15, -0.1) is 0 Å². The number of rotatable bonds is 2. The van der Waals surface area contributed by atoms with Crippen LogP contribution in [0.25, 0.3) is 0 Å². The minimum atomic E-state index is -0.932. The highest BCUT2D eigenvalue weighted by atomic mass is 79.9. The van der Waals surface area contributed by atoms with E-state index in [1.54, 1.807) is 6.07 Å². The lowest BCUT2D eigenvalue weighted by molar-refractivity contribution is 0.0695. The summed E-state index contributed by atoms with van der Waals surface area (Å²) in [5.41, 5.74) is 1.05. The van der Waals surface area contributed by atoms with Crippen LogP contribution in [0, 0.1) is 0 Å². The molecule has 1 rings (SSSR count). The van der Waals surface area contributed by atoms with E-state index in [4.69, 9.17) is 5.11 Å². The number of carboxylic acid groups (broad SMARTS) is 1. The lowest BCUT2D eigenvalue weighted by Gasteiger charge is -2.00. The fourth-order valence-corrected chi connectivity index (χ4v) is 1.23. The molecular formula is C8H8BrNO2. The van der Waals surface area contributed by atoms with Gasteiger partial charge in [-0.3, -0.25) is 4.98 Å². The zero-order chi connectivity index (χ0) is 9.14. The van der Waals surface area contributed by atoms with Crippen LogP contribution < -0.4 is 0 Å². The predicted octanol–water partition coefficient (Wildman–Crippen LogP) is 2.10. The van der Waals surface area contributed by atoms with Gasteiger partial charge in [0.25, 0.3) is 0 Å². The molecule has 0 aromatic carbocycles. The second kappa shape index (κ2) is 3.67. The number of hydrogen-bond acceptors (Lipinski definition) is 2. The molecule has 12 heavy (non-hydrogen) atoms. The lowest BCUT2D eigenvalue weighted by Crippen LogP contribution is -2.00. The van der Waals surface area contributed by atoms with Gasteiger partial charge in [-0.2, -0.15) is 0 Å². The number of pyridine rings is 1. The maximum absolute atomic E-state index is 10.6. The lowest BCUT2D eigenvalue weighted by atomic mass is 10.2. The zero-order valence-corrected chi connectivity index (χ0v) is 8.13. The molecule has 4 heteroatoms. The topological polar surface area (TPSA) is 50.2 Å². The Labute approximate surface area is 78.6 Å². The molecular weight excluding hydrogens is 222 g/mol. The molecule has 0 radical (unpaired) electrons. The molecule has 1 heterocycles. The molecule has 0 aliphatic heterocycles. The van der Waals surface area contributed by atoms with Crippen LogP contribution in [0.5, 0.6) is 0 Å². The van der Waals surface area contributed by atoms with Crippen molar-refractivity contribution in [3.8, 4) is 0 Å². The number of carbonyl (C=O) groups is 1. The van der Waals surface area contributed by atoms with Gasteiger partial charge in [0, 0.05) is 11.9 Å². The normalized spacial score (nSPS) is 9.83. The van der Waals surface area contributed by atoms with Gasteiger partial charge in [-0.25, -0.2) is 4.79 Å². The number of carboxylic acids is 1. The van der Waals surface area contributed by atoms with Crippen LogP contribution in [-0.4, -0.2) is 16.1 Å². The second-order valence-corrected chi connectivity index (χ2v) is 3.17. The predicted molar refractivity (Wildman–Crippen MR) is 48.3 cm³/mol. The van der Waals surface area contributed by atoms with Gasteiger partial charge in [-0.05, 0) is 28.4 Å². The third kappa shape index (κ3) is 1.82. The van der Waals surface area contributed by atoms with Crippen LogP contribution in [0.3, 0.4) is 0 Å². The van der Waals surface area contributed by atoms with Gasteiger partial charge in [0.15, 0.2) is 0 Å². The van der Waals surface area contributed by atoms with E-state index < -0.39 is 5.97 Å². The third-order valence-corrected chi connectivity index (χ3v) is 2.14. The number of hydrogen-bond donors (Lipinski definition) is 1. The maximum Gasteiger partial charge on any atom is 0.336 e. The minimum Gasteiger partial charge on any atom is -0.478 e. The fraction of sp³-hybridized carbons (Fsp3) is 0.250. The Bertz CT molecular complexity index is 312. The molecule has 0 fully saturated rings. The van der Waals surface area contributed by atoms with Crippen molar-refractivity contribution in [2.45, 2.75) is 13.3 Å². The van der Waals surface area contributed by atoms with Crippen molar-refractivity contribution < 1.29 is 9.90 Å². The Hall–Kier alpha value is -0.900. The van der Waals surface area contributed by atoms with E-state index >= 15 is 0 Å². The highest BCUT2D eigenvalue weighted by Gasteiger charge is 2.08. The Morgan fingerprint density at radius 1 is 1.75 bits per heavy atom. The van der Waals surface area contributed by atoms with E-state index in [1.807, 2.05) is 6.92 Å². The van der Waals surface area contributed by atoms with Gasteiger partial charge in [0.05, 0.1) is 10.0 Å². The first kappa shape index (κ1) is 9.19. The largest absolute Gasteiger partial charge is 0.478 e. The smallest absolute Gasteiger partial charge is 0.336 e. The molecule has 1 aromatic heterocycles. The Balaban J connectivity index is 3.17. The summed E-state index contributed by atoms with van der Waals surface area (Å²) in [5, 5.41) is 8.73. The number of aromatic nitrogens is 1. The summed E-state index contributed by atoms with van der Waals surface area (Å²) in [6, 6.07) is 1.58. The molecule has 0 saturated heterocycles. The molecule has 0 amide bonds. The molecule has 0 bridgehead atoms. The Morgan fingerprint density at radius 3 is 2.92 bits per heavy atom. The number of aryl methyl sites for hydroxylation is 1. The van der Waals surface area contributed by atoms with Gasteiger partial charge < -0.3 is 5.11 Å². The van der Waals surface area contributed by atoms with Gasteiger partial charge in [-0.1, -0.05) is 6.92 Å². The molecule has 1 N–H and O–H groups in total. The van der Waals surface area contributed by atoms with Crippen LogP contribution >= 0.6 is 15.9 Å². The molecule has 0 unspecified atom stereocenters. The summed E-state index contributed by atoms with van der Waals surface area (Å²) in [6.07, 6.45) is 2.26. The summed E-state index contributed by atoms with van der Waals surface area (Å²) in [4.78, 5) is 14.7. The van der Waals surface area contributed by atoms with Crippen molar-refractivity contribution in [2.24, 2.45) is 0 Å². The molecule has 64 valence electrons. The number of nitrogens with zero attached hydrogens (tertiary/aromatic N) is 1. The fourth-order valence-electron chi connectivity index (χ4n) is 0.839. The first-order valence-electron chi connectivity index (χ1n) is 3.53. The third-order valence-electron chi connectivity index (χ3n) is 1.50. The van der Waals surface area contributed by atoms with Crippen molar-refractivity contribution in [2.75, 3.05) is 0 Å².